The van der Waals surface area contributed by atoms with Crippen molar-refractivity contribution in [2.24, 2.45) is 35.5 Å². The van der Waals surface area contributed by atoms with E-state index in [1.165, 1.54) is 0 Å². The summed E-state index contributed by atoms with van der Waals surface area (Å²) in [6, 6.07) is 0. The van der Waals surface area contributed by atoms with Gasteiger partial charge in [-0.05, 0) is 35.5 Å². The van der Waals surface area contributed by atoms with Gasteiger partial charge in [0.15, 0.2) is 0 Å². The molecule has 0 saturated heterocycles. The van der Waals surface area contributed by atoms with Gasteiger partial charge in [0, 0.05) is 0 Å². The molecule has 2 unspecified atom stereocenters. The van der Waals surface area contributed by atoms with E-state index < -0.39 is 0 Å². The maximum absolute atomic E-state index is 3.81. The molecule has 0 nitrogen and oxygen atoms in total. The second kappa shape index (κ2) is 2.01. The topological polar surface area (TPSA) is 0 Å². The zero-order valence-corrected chi connectivity index (χ0v) is 10.2. The Kier molecular flexibility index (Phi) is 1.19. The maximum Gasteiger partial charge on any atom is 0.0880 e. The van der Waals surface area contributed by atoms with Gasteiger partial charge in [0.25, 0.3) is 0 Å². The lowest BCUT2D eigenvalue weighted by Crippen LogP contribution is -2.20. The van der Waals surface area contributed by atoms with Gasteiger partial charge in [0.2, 0.25) is 0 Å². The van der Waals surface area contributed by atoms with E-state index >= 15 is 0 Å². The summed E-state index contributed by atoms with van der Waals surface area (Å²) in [6.07, 6.45) is 9.74. The summed E-state index contributed by atoms with van der Waals surface area (Å²) in [6.45, 7) is 0. The first kappa shape index (κ1) is 7.70. The van der Waals surface area contributed by atoms with Gasteiger partial charge in [-0.25, -0.2) is 0 Å². The summed E-state index contributed by atoms with van der Waals surface area (Å²) in [5, 5.41) is 0. The van der Waals surface area contributed by atoms with Crippen LogP contribution in [0.4, 0.5) is 0 Å². The molecule has 68 valence electrons. The van der Waals surface area contributed by atoms with E-state index in [0.29, 0.717) is 0 Å². The highest BCUT2D eigenvalue weighted by molar-refractivity contribution is 9.25. The van der Waals surface area contributed by atoms with E-state index in [-0.39, 0.29) is 3.23 Å². The molecule has 0 amide bonds. The molecule has 4 aliphatic carbocycles. The fourth-order valence-corrected chi connectivity index (χ4v) is 6.04. The second-order valence-corrected chi connectivity index (χ2v) is 8.49. The first-order chi connectivity index (χ1) is 6.21. The zero-order valence-electron chi connectivity index (χ0n) is 7.03. The maximum atomic E-state index is 3.81. The van der Waals surface area contributed by atoms with Gasteiger partial charge in [-0.1, -0.05) is 56.2 Å². The van der Waals surface area contributed by atoms with E-state index in [9.17, 15) is 0 Å². The summed E-state index contributed by atoms with van der Waals surface area (Å²) in [5.41, 5.74) is 0. The minimum atomic E-state index is 0.278. The summed E-state index contributed by atoms with van der Waals surface area (Å²) in [7, 11) is 0. The summed E-state index contributed by atoms with van der Waals surface area (Å²) in [5.74, 6) is 5.10. The van der Waals surface area contributed by atoms with E-state index in [2.05, 4.69) is 56.2 Å². The highest BCUT2D eigenvalue weighted by atomic mass is 79.9. The molecule has 4 aliphatic rings. The van der Waals surface area contributed by atoms with Gasteiger partial charge < -0.3 is 0 Å². The lowest BCUT2D eigenvalue weighted by atomic mass is 9.85. The Morgan fingerprint density at radius 1 is 0.846 bits per heavy atom. The third kappa shape index (κ3) is 0.687. The van der Waals surface area contributed by atoms with Gasteiger partial charge in [0.1, 0.15) is 0 Å². The highest BCUT2D eigenvalue weighted by Crippen LogP contribution is 2.78. The lowest BCUT2D eigenvalue weighted by molar-refractivity contribution is 0.342. The average molecular weight is 302 g/mol. The standard InChI is InChI=1S/C11H10Br2/c12-11(13)9-6-3-1-5-2-4-7(8(5)6)10(9)11/h1-10H/t5?,6-,7-,8?,9-,10+/m1/s1. The number of halogens is 2. The molecule has 0 N–H and O–H groups in total. The molecule has 0 aromatic heterocycles. The first-order valence-electron chi connectivity index (χ1n) is 4.96. The van der Waals surface area contributed by atoms with Crippen LogP contribution in [0.2, 0.25) is 0 Å². The fourth-order valence-electron chi connectivity index (χ4n) is 3.95. The zero-order chi connectivity index (χ0) is 8.79. The lowest BCUT2D eigenvalue weighted by Gasteiger charge is -2.22. The van der Waals surface area contributed by atoms with Crippen molar-refractivity contribution in [1.82, 2.24) is 0 Å². The Morgan fingerprint density at radius 3 is 1.92 bits per heavy atom. The van der Waals surface area contributed by atoms with Crippen LogP contribution < -0.4 is 0 Å². The number of rotatable bonds is 0. The molecule has 0 aromatic rings. The molecule has 2 saturated carbocycles. The summed E-state index contributed by atoms with van der Waals surface area (Å²) < 4.78 is 0.278. The van der Waals surface area contributed by atoms with E-state index in [1.54, 1.807) is 0 Å². The molecule has 0 heterocycles. The molecule has 0 aromatic carbocycles. The summed E-state index contributed by atoms with van der Waals surface area (Å²) in [4.78, 5) is 0. The molecule has 0 radical (unpaired) electrons. The molecule has 6 atom stereocenters. The Labute approximate surface area is 94.7 Å². The van der Waals surface area contributed by atoms with Crippen molar-refractivity contribution >= 4 is 31.9 Å². The first-order valence-corrected chi connectivity index (χ1v) is 6.54. The predicted octanol–water partition coefficient (Wildman–Crippen LogP) is 3.34. The molecule has 4 rings (SSSR count). The SMILES string of the molecule is BrC1(Br)[C@@H]2[C@H]1[C@@H]1C=CC3C=C[C@@H]2C31. The average Bonchev–Trinajstić information content (AvgIpc) is 2.56. The fraction of sp³-hybridized carbons (Fsp3) is 0.636. The normalized spacial score (nSPS) is 62.6. The number of alkyl halides is 2. The quantitative estimate of drug-likeness (QED) is 0.475. The largest absolute Gasteiger partial charge is 0.0880 e. The van der Waals surface area contributed by atoms with Crippen LogP contribution in [-0.2, 0) is 0 Å². The van der Waals surface area contributed by atoms with Crippen LogP contribution in [0.25, 0.3) is 0 Å². The van der Waals surface area contributed by atoms with Crippen LogP contribution in [0.5, 0.6) is 0 Å². The minimum Gasteiger partial charge on any atom is -0.0841 e. The van der Waals surface area contributed by atoms with Gasteiger partial charge in [-0.3, -0.25) is 0 Å². The third-order valence-electron chi connectivity index (χ3n) is 4.44. The predicted molar refractivity (Wildman–Crippen MR) is 59.8 cm³/mol. The van der Waals surface area contributed by atoms with Crippen molar-refractivity contribution in [3.8, 4) is 0 Å². The van der Waals surface area contributed by atoms with Crippen molar-refractivity contribution in [2.75, 3.05) is 0 Å². The number of hydrogen-bond acceptors (Lipinski definition) is 0. The van der Waals surface area contributed by atoms with Crippen molar-refractivity contribution < 1.29 is 0 Å². The van der Waals surface area contributed by atoms with Crippen molar-refractivity contribution in [3.63, 3.8) is 0 Å². The van der Waals surface area contributed by atoms with Gasteiger partial charge in [0.05, 0.1) is 3.23 Å². The van der Waals surface area contributed by atoms with E-state index in [0.717, 1.165) is 35.5 Å². The van der Waals surface area contributed by atoms with E-state index in [1.807, 2.05) is 0 Å². The van der Waals surface area contributed by atoms with Crippen molar-refractivity contribution in [1.29, 1.82) is 0 Å². The van der Waals surface area contributed by atoms with Crippen LogP contribution in [0, 0.1) is 35.5 Å². The highest BCUT2D eigenvalue weighted by Gasteiger charge is 2.75. The van der Waals surface area contributed by atoms with Crippen LogP contribution in [0.3, 0.4) is 0 Å². The Morgan fingerprint density at radius 2 is 1.38 bits per heavy atom. The van der Waals surface area contributed by atoms with Crippen molar-refractivity contribution in [2.45, 2.75) is 3.23 Å². The third-order valence-corrected chi connectivity index (χ3v) is 6.56. The van der Waals surface area contributed by atoms with Crippen LogP contribution >= 0.6 is 31.9 Å². The Hall–Kier alpha value is 0.440. The molecular weight excluding hydrogens is 292 g/mol. The number of hydrogen-bond donors (Lipinski definition) is 0. The second-order valence-electron chi connectivity index (χ2n) is 4.81. The van der Waals surface area contributed by atoms with Crippen molar-refractivity contribution in [3.05, 3.63) is 24.3 Å². The van der Waals surface area contributed by atoms with E-state index in [4.69, 9.17) is 0 Å². The van der Waals surface area contributed by atoms with Crippen LogP contribution in [-0.4, -0.2) is 3.23 Å². The molecule has 2 heteroatoms. The van der Waals surface area contributed by atoms with Gasteiger partial charge in [-0.15, -0.1) is 0 Å². The number of allylic oxidation sites excluding steroid dienone is 4. The molecule has 0 aliphatic heterocycles. The molecule has 2 fully saturated rings. The molecule has 0 bridgehead atoms. The van der Waals surface area contributed by atoms with Gasteiger partial charge >= 0.3 is 0 Å². The molecule has 13 heavy (non-hydrogen) atoms. The number of fused-ring (bicyclic) bond motifs is 3. The van der Waals surface area contributed by atoms with Crippen LogP contribution in [0.1, 0.15) is 0 Å². The van der Waals surface area contributed by atoms with Gasteiger partial charge in [-0.2, -0.15) is 0 Å². The molecule has 0 spiro atoms. The molecular formula is C11H10Br2. The summed E-state index contributed by atoms with van der Waals surface area (Å²) >= 11 is 7.63. The smallest absolute Gasteiger partial charge is 0.0841 e. The Balaban J connectivity index is 1.85. The monoisotopic (exact) mass is 300 g/mol. The van der Waals surface area contributed by atoms with Crippen LogP contribution in [0.15, 0.2) is 24.3 Å². The minimum absolute atomic E-state index is 0.278. The Bertz CT molecular complexity index is 312.